The minimum absolute atomic E-state index is 0.181. The second kappa shape index (κ2) is 8.62. The number of para-hydroxylation sites is 2. The van der Waals surface area contributed by atoms with Crippen molar-refractivity contribution in [1.82, 2.24) is 0 Å². The molecule has 36 heavy (non-hydrogen) atoms. The first-order chi connectivity index (χ1) is 17.2. The Bertz CT molecular complexity index is 1900. The molecule has 6 nitrogen and oxygen atoms in total. The van der Waals surface area contributed by atoms with Crippen LogP contribution in [0.2, 0.25) is 0 Å². The first kappa shape index (κ1) is 23.3. The van der Waals surface area contributed by atoms with Crippen molar-refractivity contribution >= 4 is 54.0 Å². The molecule has 0 amide bonds. The van der Waals surface area contributed by atoms with E-state index in [1.54, 1.807) is 24.3 Å². The molecule has 0 aliphatic rings. The molecular formula is C26H14F3NO5S. The second-order valence-electron chi connectivity index (χ2n) is 7.60. The molecular weight excluding hydrogens is 495 g/mol. The molecule has 0 radical (unpaired) electrons. The molecule has 0 fully saturated rings. The van der Waals surface area contributed by atoms with Gasteiger partial charge in [-0.3, -0.25) is 0 Å². The Morgan fingerprint density at radius 2 is 1.19 bits per heavy atom. The van der Waals surface area contributed by atoms with Gasteiger partial charge in [0.1, 0.15) is 22.3 Å². The molecule has 0 saturated heterocycles. The lowest BCUT2D eigenvalue weighted by Crippen LogP contribution is -2.28. The molecule has 6 aromatic rings. The SMILES string of the molecule is N#Cc1cccc2oc3ccccc3c12.O=S(=O)(Oc1cccc2oc3ccccc3c12)C(F)(F)F. The summed E-state index contributed by atoms with van der Waals surface area (Å²) in [5.41, 5.74) is -2.56. The van der Waals surface area contributed by atoms with Crippen LogP contribution in [0, 0.1) is 11.3 Å². The van der Waals surface area contributed by atoms with Crippen molar-refractivity contribution in [1.29, 1.82) is 5.26 Å². The predicted octanol–water partition coefficient (Wildman–Crippen LogP) is 7.27. The Morgan fingerprint density at radius 3 is 1.78 bits per heavy atom. The zero-order chi connectivity index (χ0) is 25.5. The van der Waals surface area contributed by atoms with E-state index in [0.29, 0.717) is 16.5 Å². The summed E-state index contributed by atoms with van der Waals surface area (Å²) in [6, 6.07) is 26.1. The molecule has 0 aliphatic heterocycles. The summed E-state index contributed by atoms with van der Waals surface area (Å²) in [5.74, 6) is -0.422. The van der Waals surface area contributed by atoms with Gasteiger partial charge in [-0.25, -0.2) is 0 Å². The van der Waals surface area contributed by atoms with Crippen molar-refractivity contribution < 1.29 is 34.6 Å². The minimum Gasteiger partial charge on any atom is -0.456 e. The lowest BCUT2D eigenvalue weighted by atomic mass is 10.1. The van der Waals surface area contributed by atoms with Gasteiger partial charge in [0.15, 0.2) is 5.75 Å². The average molecular weight is 509 g/mol. The van der Waals surface area contributed by atoms with E-state index in [2.05, 4.69) is 10.3 Å². The van der Waals surface area contributed by atoms with Crippen LogP contribution in [0.4, 0.5) is 13.2 Å². The highest BCUT2D eigenvalue weighted by Crippen LogP contribution is 2.37. The maximum absolute atomic E-state index is 12.4. The van der Waals surface area contributed by atoms with Gasteiger partial charge in [-0.2, -0.15) is 26.9 Å². The average Bonchev–Trinajstić information content (AvgIpc) is 3.42. The van der Waals surface area contributed by atoms with Crippen LogP contribution in [0.25, 0.3) is 43.9 Å². The van der Waals surface area contributed by atoms with Gasteiger partial charge in [0.05, 0.1) is 17.0 Å². The Balaban J connectivity index is 0.000000156. The van der Waals surface area contributed by atoms with Gasteiger partial charge in [0, 0.05) is 16.2 Å². The molecule has 0 saturated carbocycles. The fourth-order valence-corrected chi connectivity index (χ4v) is 4.31. The lowest BCUT2D eigenvalue weighted by molar-refractivity contribution is -0.0499. The molecule has 0 atom stereocenters. The van der Waals surface area contributed by atoms with Crippen LogP contribution < -0.4 is 4.18 Å². The zero-order valence-electron chi connectivity index (χ0n) is 18.1. The normalized spacial score (nSPS) is 11.9. The van der Waals surface area contributed by atoms with E-state index in [9.17, 15) is 21.6 Å². The third-order valence-corrected chi connectivity index (χ3v) is 6.34. The minimum atomic E-state index is -5.73. The smallest absolute Gasteiger partial charge is 0.456 e. The summed E-state index contributed by atoms with van der Waals surface area (Å²) in [6.45, 7) is 0. The molecule has 6 rings (SSSR count). The van der Waals surface area contributed by atoms with Crippen LogP contribution in [-0.2, 0) is 10.1 Å². The number of furan rings is 2. The van der Waals surface area contributed by atoms with E-state index in [-0.39, 0.29) is 11.0 Å². The quantitative estimate of drug-likeness (QED) is 0.180. The van der Waals surface area contributed by atoms with Gasteiger partial charge in [-0.1, -0.05) is 48.5 Å². The molecule has 0 spiro atoms. The van der Waals surface area contributed by atoms with Crippen LogP contribution in [-0.4, -0.2) is 13.9 Å². The van der Waals surface area contributed by atoms with E-state index in [1.807, 2.05) is 42.5 Å². The first-order valence-electron chi connectivity index (χ1n) is 10.4. The predicted molar refractivity (Wildman–Crippen MR) is 128 cm³/mol. The highest BCUT2D eigenvalue weighted by atomic mass is 32.2. The van der Waals surface area contributed by atoms with Crippen molar-refractivity contribution in [3.8, 4) is 11.8 Å². The fourth-order valence-electron chi connectivity index (χ4n) is 3.84. The van der Waals surface area contributed by atoms with Crippen molar-refractivity contribution in [2.75, 3.05) is 0 Å². The van der Waals surface area contributed by atoms with Gasteiger partial charge in [-0.15, -0.1) is 0 Å². The van der Waals surface area contributed by atoms with Crippen LogP contribution >= 0.6 is 0 Å². The fraction of sp³-hybridized carbons (Fsp3) is 0.0385. The second-order valence-corrected chi connectivity index (χ2v) is 9.14. The van der Waals surface area contributed by atoms with E-state index in [4.69, 9.17) is 14.1 Å². The number of nitriles is 1. The highest BCUT2D eigenvalue weighted by molar-refractivity contribution is 7.88. The summed E-state index contributed by atoms with van der Waals surface area (Å²) >= 11 is 0. The summed E-state index contributed by atoms with van der Waals surface area (Å²) in [5, 5.41) is 11.6. The zero-order valence-corrected chi connectivity index (χ0v) is 18.9. The summed E-state index contributed by atoms with van der Waals surface area (Å²) in [4.78, 5) is 0. The van der Waals surface area contributed by atoms with E-state index >= 15 is 0 Å². The molecule has 0 unspecified atom stereocenters. The third-order valence-electron chi connectivity index (χ3n) is 5.37. The molecule has 10 heteroatoms. The largest absolute Gasteiger partial charge is 0.534 e. The number of halogens is 3. The maximum Gasteiger partial charge on any atom is 0.534 e. The molecule has 2 heterocycles. The van der Waals surface area contributed by atoms with Gasteiger partial charge in [0.2, 0.25) is 0 Å². The number of benzene rings is 4. The molecule has 4 aromatic carbocycles. The number of rotatable bonds is 2. The van der Waals surface area contributed by atoms with E-state index in [1.165, 1.54) is 12.1 Å². The van der Waals surface area contributed by atoms with E-state index < -0.39 is 21.4 Å². The first-order valence-corrected chi connectivity index (χ1v) is 11.8. The molecule has 180 valence electrons. The topological polar surface area (TPSA) is 93.4 Å². The van der Waals surface area contributed by atoms with Crippen molar-refractivity contribution in [3.63, 3.8) is 0 Å². The van der Waals surface area contributed by atoms with Crippen LogP contribution in [0.5, 0.6) is 5.75 Å². The molecule has 0 N–H and O–H groups in total. The number of hydrogen-bond donors (Lipinski definition) is 0. The molecule has 0 aliphatic carbocycles. The monoisotopic (exact) mass is 509 g/mol. The molecule has 0 bridgehead atoms. The summed E-state index contributed by atoms with van der Waals surface area (Å²) in [7, 11) is -5.73. The van der Waals surface area contributed by atoms with Crippen LogP contribution in [0.1, 0.15) is 5.56 Å². The van der Waals surface area contributed by atoms with Crippen molar-refractivity contribution in [2.45, 2.75) is 5.51 Å². The lowest BCUT2D eigenvalue weighted by Gasteiger charge is -2.09. The van der Waals surface area contributed by atoms with Crippen LogP contribution in [0.3, 0.4) is 0 Å². The Kier molecular flexibility index (Phi) is 5.57. The van der Waals surface area contributed by atoms with Gasteiger partial charge in [0.25, 0.3) is 0 Å². The van der Waals surface area contributed by atoms with Crippen molar-refractivity contribution in [2.24, 2.45) is 0 Å². The van der Waals surface area contributed by atoms with Crippen molar-refractivity contribution in [3.05, 3.63) is 90.5 Å². The standard InChI is InChI=1S/C13H7F3O4S.C13H7NO/c14-13(15,16)21(17,18)20-11-7-3-6-10-12(11)8-4-1-2-5-9(8)19-10;14-8-9-4-3-7-12-13(9)10-5-1-2-6-11(10)15-12/h1-7H;1-7H. The highest BCUT2D eigenvalue weighted by Gasteiger charge is 2.48. The van der Waals surface area contributed by atoms with Gasteiger partial charge < -0.3 is 13.0 Å². The number of alkyl halides is 3. The summed E-state index contributed by atoms with van der Waals surface area (Å²) in [6.07, 6.45) is 0. The number of hydrogen-bond acceptors (Lipinski definition) is 6. The number of fused-ring (bicyclic) bond motifs is 6. The Morgan fingerprint density at radius 1 is 0.694 bits per heavy atom. The summed E-state index contributed by atoms with van der Waals surface area (Å²) < 4.78 is 74.9. The Labute approximate surface area is 201 Å². The molecule has 2 aromatic heterocycles. The Hall–Kier alpha value is -4.49. The van der Waals surface area contributed by atoms with Gasteiger partial charge >= 0.3 is 15.6 Å². The van der Waals surface area contributed by atoms with Gasteiger partial charge in [-0.05, 0) is 36.4 Å². The third kappa shape index (κ3) is 3.99. The maximum atomic E-state index is 12.4. The number of nitrogens with zero attached hydrogens (tertiary/aromatic N) is 1. The van der Waals surface area contributed by atoms with E-state index in [0.717, 1.165) is 28.0 Å². The van der Waals surface area contributed by atoms with Crippen LogP contribution in [0.15, 0.2) is 93.8 Å².